The Morgan fingerprint density at radius 2 is 2.22 bits per heavy atom. The first-order valence-corrected chi connectivity index (χ1v) is 9.45. The van der Waals surface area contributed by atoms with E-state index in [0.29, 0.717) is 31.1 Å². The molecule has 27 heavy (non-hydrogen) atoms. The third-order valence-electron chi connectivity index (χ3n) is 3.54. The summed E-state index contributed by atoms with van der Waals surface area (Å²) in [6.45, 7) is 6.33. The van der Waals surface area contributed by atoms with Gasteiger partial charge in [-0.25, -0.2) is 9.97 Å². The zero-order chi connectivity index (χ0) is 18.2. The van der Waals surface area contributed by atoms with Crippen molar-refractivity contribution in [3.05, 3.63) is 40.3 Å². The number of H-pyrrole nitrogens is 1. The van der Waals surface area contributed by atoms with Gasteiger partial charge in [0.25, 0.3) is 0 Å². The molecule has 0 amide bonds. The van der Waals surface area contributed by atoms with Crippen molar-refractivity contribution in [1.29, 1.82) is 0 Å². The number of hydrogen-bond donors (Lipinski definition) is 3. The van der Waals surface area contributed by atoms with Gasteiger partial charge in [0, 0.05) is 43.5 Å². The third kappa shape index (κ3) is 6.61. The van der Waals surface area contributed by atoms with Crippen molar-refractivity contribution >= 4 is 41.3 Å². The lowest BCUT2D eigenvalue weighted by Gasteiger charge is -2.10. The Morgan fingerprint density at radius 3 is 2.93 bits per heavy atom. The van der Waals surface area contributed by atoms with E-state index in [4.69, 9.17) is 4.42 Å². The van der Waals surface area contributed by atoms with Crippen LogP contribution in [0.2, 0.25) is 0 Å². The number of aromatic amines is 1. The molecule has 146 valence electrons. The number of nitrogens with zero attached hydrogens (tertiary/aromatic N) is 4. The normalized spacial score (nSPS) is 11.3. The average Bonchev–Trinajstić information content (AvgIpc) is 3.36. The molecule has 0 radical (unpaired) electrons. The number of rotatable bonds is 8. The maximum atomic E-state index is 5.30. The fourth-order valence-electron chi connectivity index (χ4n) is 2.34. The van der Waals surface area contributed by atoms with Crippen LogP contribution in [0.5, 0.6) is 0 Å². The van der Waals surface area contributed by atoms with Crippen LogP contribution in [0.15, 0.2) is 34.0 Å². The first-order valence-electron chi connectivity index (χ1n) is 8.63. The molecule has 0 aliphatic carbocycles. The Balaban J connectivity index is 0.00000261. The van der Waals surface area contributed by atoms with Crippen molar-refractivity contribution in [2.75, 3.05) is 19.6 Å². The molecule has 0 saturated heterocycles. The molecule has 3 N–H and O–H groups in total. The van der Waals surface area contributed by atoms with E-state index in [2.05, 4.69) is 42.7 Å². The summed E-state index contributed by atoms with van der Waals surface area (Å²) in [5.41, 5.74) is 0. The fraction of sp³-hybridized carbons (Fsp3) is 0.412. The highest BCUT2D eigenvalue weighted by Gasteiger charge is 2.08. The van der Waals surface area contributed by atoms with E-state index < -0.39 is 0 Å². The smallest absolute Gasteiger partial charge is 0.216 e. The van der Waals surface area contributed by atoms with E-state index in [9.17, 15) is 0 Å². The summed E-state index contributed by atoms with van der Waals surface area (Å²) in [6, 6.07) is 3.66. The van der Waals surface area contributed by atoms with Gasteiger partial charge >= 0.3 is 0 Å². The number of aromatic nitrogens is 4. The SMILES string of the molecule is CCNC(=NCCc1ncc(C)s1)NCCc1nc(-c2ccco2)n[nH]1.I. The van der Waals surface area contributed by atoms with E-state index in [1.807, 2.05) is 25.3 Å². The van der Waals surface area contributed by atoms with E-state index >= 15 is 0 Å². The molecule has 10 heteroatoms. The van der Waals surface area contributed by atoms with Crippen LogP contribution in [0.1, 0.15) is 22.6 Å². The summed E-state index contributed by atoms with van der Waals surface area (Å²) in [7, 11) is 0. The lowest BCUT2D eigenvalue weighted by Crippen LogP contribution is -2.38. The minimum Gasteiger partial charge on any atom is -0.461 e. The summed E-state index contributed by atoms with van der Waals surface area (Å²) in [6.07, 6.45) is 5.08. The van der Waals surface area contributed by atoms with Gasteiger partial charge in [0.1, 0.15) is 5.82 Å². The molecule has 0 aliphatic rings. The first-order chi connectivity index (χ1) is 12.7. The number of hydrogen-bond acceptors (Lipinski definition) is 6. The number of nitrogens with one attached hydrogen (secondary N) is 3. The van der Waals surface area contributed by atoms with Gasteiger partial charge in [0.15, 0.2) is 11.7 Å². The minimum atomic E-state index is 0. The first kappa shape index (κ1) is 21.4. The number of aryl methyl sites for hydroxylation is 1. The molecule has 0 atom stereocenters. The molecule has 3 rings (SSSR count). The lowest BCUT2D eigenvalue weighted by molar-refractivity contribution is 0.577. The average molecular weight is 501 g/mol. The van der Waals surface area contributed by atoms with Gasteiger partial charge in [-0.3, -0.25) is 10.1 Å². The Kier molecular flexibility index (Phi) is 8.72. The standard InChI is InChI=1S/C17H23N7OS.HI/c1-3-18-17(20-9-7-15-21-11-12(2)26-15)19-8-6-14-22-16(24-23-14)13-5-4-10-25-13;/h4-5,10-11H,3,6-9H2,1-2H3,(H2,18,19,20)(H,22,23,24);1H. The fourth-order valence-corrected chi connectivity index (χ4v) is 3.12. The van der Waals surface area contributed by atoms with E-state index in [-0.39, 0.29) is 24.0 Å². The summed E-state index contributed by atoms with van der Waals surface area (Å²) >= 11 is 1.72. The van der Waals surface area contributed by atoms with Gasteiger partial charge < -0.3 is 15.1 Å². The highest BCUT2D eigenvalue weighted by Crippen LogP contribution is 2.14. The van der Waals surface area contributed by atoms with Crippen molar-refractivity contribution in [3.63, 3.8) is 0 Å². The quantitative estimate of drug-likeness (QED) is 0.249. The monoisotopic (exact) mass is 501 g/mol. The third-order valence-corrected chi connectivity index (χ3v) is 4.51. The van der Waals surface area contributed by atoms with Gasteiger partial charge in [-0.05, 0) is 26.0 Å². The predicted molar refractivity (Wildman–Crippen MR) is 118 cm³/mol. The molecular weight excluding hydrogens is 477 g/mol. The molecule has 8 nitrogen and oxygen atoms in total. The summed E-state index contributed by atoms with van der Waals surface area (Å²) < 4.78 is 5.30. The van der Waals surface area contributed by atoms with Gasteiger partial charge in [-0.1, -0.05) is 0 Å². The molecule has 0 bridgehead atoms. The minimum absolute atomic E-state index is 0. The van der Waals surface area contributed by atoms with Crippen LogP contribution in [-0.2, 0) is 12.8 Å². The van der Waals surface area contributed by atoms with Crippen LogP contribution in [-0.4, -0.2) is 45.8 Å². The highest BCUT2D eigenvalue weighted by molar-refractivity contribution is 14.0. The van der Waals surface area contributed by atoms with E-state index in [0.717, 1.165) is 29.8 Å². The van der Waals surface area contributed by atoms with Crippen LogP contribution in [0.3, 0.4) is 0 Å². The van der Waals surface area contributed by atoms with Crippen LogP contribution in [0.4, 0.5) is 0 Å². The maximum absolute atomic E-state index is 5.30. The van der Waals surface area contributed by atoms with Gasteiger partial charge in [-0.15, -0.1) is 35.3 Å². The molecule has 0 spiro atoms. The molecule has 3 aromatic rings. The van der Waals surface area contributed by atoms with E-state index in [1.165, 1.54) is 4.88 Å². The number of halogens is 1. The van der Waals surface area contributed by atoms with Crippen molar-refractivity contribution in [3.8, 4) is 11.6 Å². The van der Waals surface area contributed by atoms with Crippen molar-refractivity contribution in [1.82, 2.24) is 30.8 Å². The zero-order valence-corrected chi connectivity index (χ0v) is 18.5. The second kappa shape index (κ2) is 11.0. The topological polar surface area (TPSA) is 104 Å². The number of furan rings is 1. The second-order valence-electron chi connectivity index (χ2n) is 5.64. The van der Waals surface area contributed by atoms with Gasteiger partial charge in [0.2, 0.25) is 5.82 Å². The Hall–Kier alpha value is -1.95. The van der Waals surface area contributed by atoms with Crippen molar-refractivity contribution in [2.45, 2.75) is 26.7 Å². The van der Waals surface area contributed by atoms with Crippen LogP contribution < -0.4 is 10.6 Å². The molecule has 0 saturated carbocycles. The lowest BCUT2D eigenvalue weighted by atomic mass is 10.4. The highest BCUT2D eigenvalue weighted by atomic mass is 127. The van der Waals surface area contributed by atoms with Crippen LogP contribution in [0, 0.1) is 6.92 Å². The molecule has 0 aromatic carbocycles. The summed E-state index contributed by atoms with van der Waals surface area (Å²) in [4.78, 5) is 14.6. The van der Waals surface area contributed by atoms with Crippen molar-refractivity contribution in [2.24, 2.45) is 4.99 Å². The van der Waals surface area contributed by atoms with E-state index in [1.54, 1.807) is 17.6 Å². The molecule has 0 unspecified atom stereocenters. The summed E-state index contributed by atoms with van der Waals surface area (Å²) in [5.74, 6) is 2.83. The molecule has 3 heterocycles. The Bertz CT molecular complexity index is 828. The molecule has 0 aliphatic heterocycles. The predicted octanol–water partition coefficient (Wildman–Crippen LogP) is 2.79. The molecule has 0 fully saturated rings. The number of aliphatic imine (C=N–C) groups is 1. The Labute approximate surface area is 179 Å². The Morgan fingerprint density at radius 1 is 1.33 bits per heavy atom. The van der Waals surface area contributed by atoms with Gasteiger partial charge in [0.05, 0.1) is 11.3 Å². The van der Waals surface area contributed by atoms with Crippen molar-refractivity contribution < 1.29 is 4.42 Å². The largest absolute Gasteiger partial charge is 0.461 e. The van der Waals surface area contributed by atoms with Crippen LogP contribution >= 0.6 is 35.3 Å². The van der Waals surface area contributed by atoms with Gasteiger partial charge in [-0.2, -0.15) is 5.10 Å². The molecule has 3 aromatic heterocycles. The summed E-state index contributed by atoms with van der Waals surface area (Å²) in [5, 5.41) is 14.8. The number of thiazole rings is 1. The van der Waals surface area contributed by atoms with Crippen LogP contribution in [0.25, 0.3) is 11.6 Å². The zero-order valence-electron chi connectivity index (χ0n) is 15.4. The number of guanidine groups is 1. The maximum Gasteiger partial charge on any atom is 0.216 e. The second-order valence-corrected chi connectivity index (χ2v) is 6.95. The molecular formula is C17H24IN7OS.